The number of benzene rings is 1. The fourth-order valence-electron chi connectivity index (χ4n) is 1.92. The molecule has 0 bridgehead atoms. The van der Waals surface area contributed by atoms with Crippen molar-refractivity contribution >= 4 is 11.6 Å². The van der Waals surface area contributed by atoms with Crippen LogP contribution in [0, 0.1) is 0 Å². The number of carbonyl (C=O) groups excluding carboxylic acids is 1. The molecule has 92 valence electrons. The van der Waals surface area contributed by atoms with E-state index < -0.39 is 0 Å². The molecule has 1 amide bonds. The summed E-state index contributed by atoms with van der Waals surface area (Å²) in [7, 11) is 3.74. The molecule has 0 aromatic heterocycles. The molecule has 2 rings (SSSR count). The lowest BCUT2D eigenvalue weighted by Crippen LogP contribution is -2.25. The highest BCUT2D eigenvalue weighted by Gasteiger charge is 2.19. The van der Waals surface area contributed by atoms with Crippen molar-refractivity contribution in [2.75, 3.05) is 32.1 Å². The lowest BCUT2D eigenvalue weighted by atomic mass is 10.1. The Bertz CT molecular complexity index is 418. The second-order valence-corrected chi connectivity index (χ2v) is 4.21. The van der Waals surface area contributed by atoms with Gasteiger partial charge in [-0.15, -0.1) is 0 Å². The lowest BCUT2D eigenvalue weighted by molar-refractivity contribution is -0.118. The number of likely N-dealkylation sites (N-methyl/N-ethyl adjacent to an activating group) is 1. The van der Waals surface area contributed by atoms with E-state index in [4.69, 9.17) is 4.74 Å². The summed E-state index contributed by atoms with van der Waals surface area (Å²) >= 11 is 0. The maximum Gasteiger partial charge on any atom is 0.230 e. The molecule has 1 aromatic rings. The smallest absolute Gasteiger partial charge is 0.230 e. The van der Waals surface area contributed by atoms with Crippen LogP contribution in [0.15, 0.2) is 18.2 Å². The predicted molar refractivity (Wildman–Crippen MR) is 67.6 cm³/mol. The van der Waals surface area contributed by atoms with Crippen molar-refractivity contribution < 1.29 is 9.53 Å². The van der Waals surface area contributed by atoms with Crippen LogP contribution in [0.5, 0.6) is 5.75 Å². The van der Waals surface area contributed by atoms with Crippen LogP contribution >= 0.6 is 0 Å². The van der Waals surface area contributed by atoms with Crippen LogP contribution in [-0.2, 0) is 11.2 Å². The summed E-state index contributed by atoms with van der Waals surface area (Å²) in [6.45, 7) is 1.39. The molecule has 0 aliphatic carbocycles. The number of hydrogen-bond donors (Lipinski definition) is 1. The topological polar surface area (TPSA) is 41.6 Å². The third-order valence-electron chi connectivity index (χ3n) is 3.00. The average Bonchev–Trinajstić information content (AvgIpc) is 2.48. The highest BCUT2D eigenvalue weighted by atomic mass is 16.5. The Morgan fingerprint density at radius 2 is 2.29 bits per heavy atom. The second kappa shape index (κ2) is 5.19. The summed E-state index contributed by atoms with van der Waals surface area (Å²) in [6.07, 6.45) is 1.39. The first-order chi connectivity index (χ1) is 8.22. The quantitative estimate of drug-likeness (QED) is 0.854. The molecule has 0 spiro atoms. The van der Waals surface area contributed by atoms with Gasteiger partial charge in [0.15, 0.2) is 0 Å². The monoisotopic (exact) mass is 234 g/mol. The molecule has 1 heterocycles. The third-order valence-corrected chi connectivity index (χ3v) is 3.00. The van der Waals surface area contributed by atoms with Gasteiger partial charge in [-0.2, -0.15) is 0 Å². The summed E-state index contributed by atoms with van der Waals surface area (Å²) in [4.78, 5) is 13.4. The molecule has 0 atom stereocenters. The molecular weight excluding hydrogens is 216 g/mol. The van der Waals surface area contributed by atoms with Gasteiger partial charge >= 0.3 is 0 Å². The van der Waals surface area contributed by atoms with E-state index in [9.17, 15) is 4.79 Å². The predicted octanol–water partition coefficient (Wildman–Crippen LogP) is 1.19. The number of ether oxygens (including phenoxy) is 1. The van der Waals surface area contributed by atoms with E-state index in [-0.39, 0.29) is 5.91 Å². The van der Waals surface area contributed by atoms with Gasteiger partial charge in [-0.1, -0.05) is 6.07 Å². The van der Waals surface area contributed by atoms with Gasteiger partial charge in [-0.05, 0) is 37.7 Å². The van der Waals surface area contributed by atoms with Crippen LogP contribution in [0.25, 0.3) is 0 Å². The van der Waals surface area contributed by atoms with E-state index in [1.165, 1.54) is 5.56 Å². The maximum atomic E-state index is 11.7. The van der Waals surface area contributed by atoms with E-state index in [1.807, 2.05) is 19.2 Å². The Morgan fingerprint density at radius 3 is 3.06 bits per heavy atom. The van der Waals surface area contributed by atoms with Crippen molar-refractivity contribution in [1.82, 2.24) is 5.32 Å². The van der Waals surface area contributed by atoms with Gasteiger partial charge in [0.2, 0.25) is 5.91 Å². The van der Waals surface area contributed by atoms with Crippen LogP contribution in [0.3, 0.4) is 0 Å². The minimum atomic E-state index is 0.106. The fraction of sp³-hybridized carbons (Fsp3) is 0.462. The zero-order valence-electron chi connectivity index (χ0n) is 10.3. The third kappa shape index (κ3) is 2.58. The van der Waals surface area contributed by atoms with Crippen LogP contribution in [0.1, 0.15) is 12.0 Å². The number of fused-ring (bicyclic) bond motifs is 1. The van der Waals surface area contributed by atoms with Gasteiger partial charge in [0.25, 0.3) is 0 Å². The molecule has 4 heteroatoms. The molecule has 0 radical (unpaired) electrons. The first-order valence-corrected chi connectivity index (χ1v) is 5.89. The minimum absolute atomic E-state index is 0.106. The minimum Gasteiger partial charge on any atom is -0.491 e. The van der Waals surface area contributed by atoms with Gasteiger partial charge in [0, 0.05) is 7.05 Å². The van der Waals surface area contributed by atoms with E-state index in [0.29, 0.717) is 13.0 Å². The molecule has 0 saturated heterocycles. The van der Waals surface area contributed by atoms with E-state index in [1.54, 1.807) is 11.9 Å². The summed E-state index contributed by atoms with van der Waals surface area (Å²) < 4.78 is 5.57. The Morgan fingerprint density at radius 1 is 1.47 bits per heavy atom. The molecular formula is C13H18N2O2. The Labute approximate surface area is 102 Å². The van der Waals surface area contributed by atoms with Crippen LogP contribution in [0.2, 0.25) is 0 Å². The molecule has 1 aromatic carbocycles. The zero-order chi connectivity index (χ0) is 12.3. The van der Waals surface area contributed by atoms with Gasteiger partial charge in [0.05, 0.1) is 18.7 Å². The molecule has 1 aliphatic heterocycles. The van der Waals surface area contributed by atoms with Crippen molar-refractivity contribution in [3.8, 4) is 5.75 Å². The molecule has 17 heavy (non-hydrogen) atoms. The molecule has 1 N–H and O–H groups in total. The SMILES string of the molecule is CNCCc1ccc2c(c1)N(C)C(=O)CCO2. The van der Waals surface area contributed by atoms with Crippen molar-refractivity contribution in [2.45, 2.75) is 12.8 Å². The van der Waals surface area contributed by atoms with E-state index >= 15 is 0 Å². The summed E-state index contributed by atoms with van der Waals surface area (Å²) in [5, 5.41) is 3.12. The molecule has 0 unspecified atom stereocenters. The first kappa shape index (κ1) is 11.9. The number of nitrogens with one attached hydrogen (secondary N) is 1. The highest BCUT2D eigenvalue weighted by Crippen LogP contribution is 2.31. The summed E-state index contributed by atoms with van der Waals surface area (Å²) in [5.41, 5.74) is 2.09. The van der Waals surface area contributed by atoms with Crippen LogP contribution in [0.4, 0.5) is 5.69 Å². The second-order valence-electron chi connectivity index (χ2n) is 4.21. The average molecular weight is 234 g/mol. The van der Waals surface area contributed by atoms with Gasteiger partial charge in [0.1, 0.15) is 5.75 Å². The maximum absolute atomic E-state index is 11.7. The van der Waals surface area contributed by atoms with Gasteiger partial charge in [-0.25, -0.2) is 0 Å². The van der Waals surface area contributed by atoms with Crippen molar-refractivity contribution in [2.24, 2.45) is 0 Å². The molecule has 4 nitrogen and oxygen atoms in total. The number of nitrogens with zero attached hydrogens (tertiary/aromatic N) is 1. The largest absolute Gasteiger partial charge is 0.491 e. The highest BCUT2D eigenvalue weighted by molar-refractivity contribution is 5.95. The van der Waals surface area contributed by atoms with E-state index in [2.05, 4.69) is 11.4 Å². The van der Waals surface area contributed by atoms with Crippen molar-refractivity contribution in [3.05, 3.63) is 23.8 Å². The number of amides is 1. The molecule has 1 aliphatic rings. The standard InChI is InChI=1S/C13H18N2O2/c1-14-7-5-10-3-4-12-11(9-10)15(2)13(16)6-8-17-12/h3-4,9,14H,5-8H2,1-2H3. The Hall–Kier alpha value is -1.55. The summed E-state index contributed by atoms with van der Waals surface area (Å²) in [5.74, 6) is 0.904. The zero-order valence-corrected chi connectivity index (χ0v) is 10.3. The fourth-order valence-corrected chi connectivity index (χ4v) is 1.92. The van der Waals surface area contributed by atoms with Crippen molar-refractivity contribution in [3.63, 3.8) is 0 Å². The Kier molecular flexibility index (Phi) is 3.64. The summed E-state index contributed by atoms with van der Waals surface area (Å²) in [6, 6.07) is 6.05. The lowest BCUT2D eigenvalue weighted by Gasteiger charge is -2.17. The van der Waals surface area contributed by atoms with Crippen LogP contribution < -0.4 is 15.0 Å². The molecule has 0 fully saturated rings. The van der Waals surface area contributed by atoms with E-state index in [0.717, 1.165) is 24.4 Å². The van der Waals surface area contributed by atoms with Gasteiger partial charge < -0.3 is 15.0 Å². The van der Waals surface area contributed by atoms with Crippen molar-refractivity contribution in [1.29, 1.82) is 0 Å². The normalized spacial score (nSPS) is 15.2. The molecule has 0 saturated carbocycles. The van der Waals surface area contributed by atoms with Gasteiger partial charge in [-0.3, -0.25) is 4.79 Å². The Balaban J connectivity index is 2.28. The number of anilines is 1. The van der Waals surface area contributed by atoms with Crippen LogP contribution in [-0.4, -0.2) is 33.2 Å². The number of carbonyl (C=O) groups is 1. The number of hydrogen-bond acceptors (Lipinski definition) is 3. The number of rotatable bonds is 3. The first-order valence-electron chi connectivity index (χ1n) is 5.89.